The fourth-order valence-electron chi connectivity index (χ4n) is 2.32. The zero-order valence-electron chi connectivity index (χ0n) is 13.7. The Hall–Kier alpha value is -1.75. The number of hydrogen-bond acceptors (Lipinski definition) is 2. The van der Waals surface area contributed by atoms with Crippen LogP contribution in [-0.4, -0.2) is 33.2 Å². The molecule has 6 heteroatoms. The van der Waals surface area contributed by atoms with Gasteiger partial charge in [0.05, 0.1) is 19.1 Å². The smallest absolute Gasteiger partial charge is 0.258 e. The van der Waals surface area contributed by atoms with E-state index in [1.165, 1.54) is 4.90 Å². The first kappa shape index (κ1) is 18.6. The predicted molar refractivity (Wildman–Crippen MR) is 97.0 cm³/mol. The maximum atomic E-state index is 12.2. The first-order valence-electron chi connectivity index (χ1n) is 7.67. The highest BCUT2D eigenvalue weighted by Gasteiger charge is 2.18. The number of likely N-dealkylation sites (N-methyl/N-ethyl adjacent to an activating group) is 1. The van der Waals surface area contributed by atoms with Crippen LogP contribution < -0.4 is 15.0 Å². The van der Waals surface area contributed by atoms with Crippen LogP contribution in [0.2, 0.25) is 10.0 Å². The van der Waals surface area contributed by atoms with Crippen molar-refractivity contribution in [2.75, 3.05) is 27.2 Å². The molecule has 0 aromatic heterocycles. The minimum absolute atomic E-state index is 0.0759. The molecule has 0 fully saturated rings. The summed E-state index contributed by atoms with van der Waals surface area (Å²) in [5.41, 5.74) is 1.07. The molecular formula is C18H21Cl2N2O2+. The van der Waals surface area contributed by atoms with Crippen LogP contribution in [0.15, 0.2) is 48.5 Å². The van der Waals surface area contributed by atoms with Crippen LogP contribution >= 0.6 is 23.2 Å². The summed E-state index contributed by atoms with van der Waals surface area (Å²) >= 11 is 11.9. The van der Waals surface area contributed by atoms with E-state index in [2.05, 4.69) is 5.32 Å². The van der Waals surface area contributed by atoms with Crippen molar-refractivity contribution in [2.24, 2.45) is 0 Å². The van der Waals surface area contributed by atoms with Gasteiger partial charge in [0, 0.05) is 5.02 Å². The van der Waals surface area contributed by atoms with Gasteiger partial charge in [0.1, 0.15) is 18.3 Å². The molecule has 2 aromatic rings. The fourth-order valence-corrected chi connectivity index (χ4v) is 2.78. The Balaban J connectivity index is 1.97. The summed E-state index contributed by atoms with van der Waals surface area (Å²) in [6.45, 7) is 0.672. The van der Waals surface area contributed by atoms with Crippen molar-refractivity contribution in [3.05, 3.63) is 64.1 Å². The molecule has 0 unspecified atom stereocenters. The summed E-state index contributed by atoms with van der Waals surface area (Å²) in [7, 11) is 4.10. The highest BCUT2D eigenvalue weighted by molar-refractivity contribution is 6.35. The van der Waals surface area contributed by atoms with Crippen LogP contribution in [0.1, 0.15) is 11.6 Å². The van der Waals surface area contributed by atoms with Crippen molar-refractivity contribution in [1.29, 1.82) is 0 Å². The van der Waals surface area contributed by atoms with E-state index >= 15 is 0 Å². The summed E-state index contributed by atoms with van der Waals surface area (Å²) in [6.07, 6.45) is 0. The van der Waals surface area contributed by atoms with E-state index < -0.39 is 0 Å². The Kier molecular flexibility index (Phi) is 6.91. The Labute approximate surface area is 152 Å². The van der Waals surface area contributed by atoms with Gasteiger partial charge in [0.15, 0.2) is 6.61 Å². The number of nitrogens with one attached hydrogen (secondary N) is 2. The molecule has 0 saturated heterocycles. The lowest BCUT2D eigenvalue weighted by molar-refractivity contribution is -0.860. The average Bonchev–Trinajstić information content (AvgIpc) is 2.54. The third-order valence-electron chi connectivity index (χ3n) is 3.40. The third-order valence-corrected chi connectivity index (χ3v) is 3.93. The first-order chi connectivity index (χ1) is 11.5. The van der Waals surface area contributed by atoms with Crippen LogP contribution in [0.3, 0.4) is 0 Å². The molecule has 0 aliphatic carbocycles. The lowest BCUT2D eigenvalue weighted by Crippen LogP contribution is -3.06. The van der Waals surface area contributed by atoms with E-state index in [0.29, 0.717) is 15.8 Å². The largest absolute Gasteiger partial charge is 0.482 e. The van der Waals surface area contributed by atoms with Crippen LogP contribution in [0, 0.1) is 0 Å². The Morgan fingerprint density at radius 1 is 1.17 bits per heavy atom. The van der Waals surface area contributed by atoms with E-state index in [9.17, 15) is 4.79 Å². The SMILES string of the molecule is C[NH+](C)C[C@@H](NC(=O)COc1ccc(Cl)cc1Cl)c1ccccc1. The Bertz CT molecular complexity index is 678. The zero-order chi connectivity index (χ0) is 17.5. The number of quaternary nitrogens is 1. The molecule has 0 bridgehead atoms. The number of carbonyl (C=O) groups excluding carboxylic acids is 1. The summed E-state index contributed by atoms with van der Waals surface area (Å²) < 4.78 is 5.49. The number of halogens is 2. The second-order valence-corrected chi connectivity index (χ2v) is 6.65. The molecule has 24 heavy (non-hydrogen) atoms. The highest BCUT2D eigenvalue weighted by Crippen LogP contribution is 2.27. The molecule has 0 radical (unpaired) electrons. The number of carbonyl (C=O) groups is 1. The maximum absolute atomic E-state index is 12.2. The molecule has 0 saturated carbocycles. The summed E-state index contributed by atoms with van der Waals surface area (Å²) in [5.74, 6) is 0.238. The number of amides is 1. The number of rotatable bonds is 7. The minimum Gasteiger partial charge on any atom is -0.482 e. The predicted octanol–water partition coefficient (Wildman–Crippen LogP) is 2.37. The third kappa shape index (κ3) is 5.71. The molecule has 4 nitrogen and oxygen atoms in total. The Morgan fingerprint density at radius 2 is 1.88 bits per heavy atom. The Morgan fingerprint density at radius 3 is 2.50 bits per heavy atom. The van der Waals surface area contributed by atoms with Gasteiger partial charge in [-0.2, -0.15) is 0 Å². The van der Waals surface area contributed by atoms with E-state index in [0.717, 1.165) is 12.1 Å². The van der Waals surface area contributed by atoms with Gasteiger partial charge >= 0.3 is 0 Å². The van der Waals surface area contributed by atoms with Crippen molar-refractivity contribution in [3.63, 3.8) is 0 Å². The van der Waals surface area contributed by atoms with Crippen molar-refractivity contribution >= 4 is 29.1 Å². The molecule has 0 heterocycles. The molecular weight excluding hydrogens is 347 g/mol. The van der Waals surface area contributed by atoms with Gasteiger partial charge in [0.25, 0.3) is 5.91 Å². The maximum Gasteiger partial charge on any atom is 0.258 e. The lowest BCUT2D eigenvalue weighted by atomic mass is 10.1. The molecule has 1 amide bonds. The molecule has 2 N–H and O–H groups in total. The lowest BCUT2D eigenvalue weighted by Gasteiger charge is -2.21. The second kappa shape index (κ2) is 8.92. The number of benzene rings is 2. The van der Waals surface area contributed by atoms with Gasteiger partial charge in [-0.1, -0.05) is 53.5 Å². The van der Waals surface area contributed by atoms with E-state index in [1.54, 1.807) is 18.2 Å². The van der Waals surface area contributed by atoms with Gasteiger partial charge in [-0.15, -0.1) is 0 Å². The van der Waals surface area contributed by atoms with Gasteiger partial charge < -0.3 is 15.0 Å². The van der Waals surface area contributed by atoms with Crippen LogP contribution in [-0.2, 0) is 4.79 Å². The molecule has 0 aliphatic heterocycles. The molecule has 1 atom stereocenters. The average molecular weight is 368 g/mol. The zero-order valence-corrected chi connectivity index (χ0v) is 15.2. The molecule has 128 valence electrons. The van der Waals surface area contributed by atoms with E-state index in [-0.39, 0.29) is 18.6 Å². The monoisotopic (exact) mass is 367 g/mol. The van der Waals surface area contributed by atoms with Crippen molar-refractivity contribution < 1.29 is 14.4 Å². The van der Waals surface area contributed by atoms with E-state index in [1.807, 2.05) is 44.4 Å². The molecule has 2 rings (SSSR count). The second-order valence-electron chi connectivity index (χ2n) is 5.81. The van der Waals surface area contributed by atoms with Crippen LogP contribution in [0.25, 0.3) is 0 Å². The molecule has 0 spiro atoms. The number of hydrogen-bond donors (Lipinski definition) is 2. The first-order valence-corrected chi connectivity index (χ1v) is 8.42. The normalized spacial score (nSPS) is 12.0. The molecule has 0 aliphatic rings. The van der Waals surface area contributed by atoms with Gasteiger partial charge in [-0.05, 0) is 23.8 Å². The van der Waals surface area contributed by atoms with Crippen LogP contribution in [0.5, 0.6) is 5.75 Å². The minimum atomic E-state index is -0.198. The van der Waals surface area contributed by atoms with Gasteiger partial charge in [0.2, 0.25) is 0 Å². The van der Waals surface area contributed by atoms with Crippen LogP contribution in [0.4, 0.5) is 0 Å². The van der Waals surface area contributed by atoms with Gasteiger partial charge in [-0.25, -0.2) is 0 Å². The summed E-state index contributed by atoms with van der Waals surface area (Å²) in [5, 5.41) is 3.92. The highest BCUT2D eigenvalue weighted by atomic mass is 35.5. The fraction of sp³-hybridized carbons (Fsp3) is 0.278. The topological polar surface area (TPSA) is 42.8 Å². The van der Waals surface area contributed by atoms with Crippen molar-refractivity contribution in [1.82, 2.24) is 5.32 Å². The van der Waals surface area contributed by atoms with Crippen molar-refractivity contribution in [3.8, 4) is 5.75 Å². The summed E-state index contributed by atoms with van der Waals surface area (Å²) in [4.78, 5) is 13.5. The quantitative estimate of drug-likeness (QED) is 0.788. The number of ether oxygens (including phenoxy) is 1. The summed E-state index contributed by atoms with van der Waals surface area (Å²) in [6, 6.07) is 14.7. The van der Waals surface area contributed by atoms with E-state index in [4.69, 9.17) is 27.9 Å². The van der Waals surface area contributed by atoms with Gasteiger partial charge in [-0.3, -0.25) is 4.79 Å². The van der Waals surface area contributed by atoms with Crippen molar-refractivity contribution in [2.45, 2.75) is 6.04 Å². The molecule has 2 aromatic carbocycles. The standard InChI is InChI=1S/C18H20Cl2N2O2/c1-22(2)11-16(13-6-4-3-5-7-13)21-18(23)12-24-17-9-8-14(19)10-15(17)20/h3-10,16H,11-12H2,1-2H3,(H,21,23)/p+1/t16-/m1/s1.